The summed E-state index contributed by atoms with van der Waals surface area (Å²) in [5.41, 5.74) is 0.0779. The van der Waals surface area contributed by atoms with Gasteiger partial charge in [-0.15, -0.1) is 0 Å². The second-order valence-corrected chi connectivity index (χ2v) is 4.39. The maximum atomic E-state index is 11.4. The van der Waals surface area contributed by atoms with Crippen LogP contribution in [0.3, 0.4) is 0 Å². The number of hydrogen-bond donors (Lipinski definition) is 0. The van der Waals surface area contributed by atoms with Gasteiger partial charge in [-0.1, -0.05) is 0 Å². The highest BCUT2D eigenvalue weighted by atomic mass is 16.2. The van der Waals surface area contributed by atoms with Gasteiger partial charge in [0.25, 0.3) is 0 Å². The lowest BCUT2D eigenvalue weighted by atomic mass is 9.66. The summed E-state index contributed by atoms with van der Waals surface area (Å²) in [4.78, 5) is 25.8. The van der Waals surface area contributed by atoms with E-state index in [9.17, 15) is 9.59 Å². The monoisotopic (exact) mass is 182 g/mol. The van der Waals surface area contributed by atoms with Crippen LogP contribution in [0.4, 0.5) is 4.79 Å². The summed E-state index contributed by atoms with van der Waals surface area (Å²) in [7, 11) is 3.59. The van der Waals surface area contributed by atoms with Crippen LogP contribution in [0.15, 0.2) is 0 Å². The molecule has 0 radical (unpaired) electrons. The van der Waals surface area contributed by atoms with Crippen LogP contribution < -0.4 is 0 Å². The Bertz CT molecular complexity index is 251. The number of carbonyl (C=O) groups excluding carboxylic acids is 2. The van der Waals surface area contributed by atoms with Gasteiger partial charge in [-0.2, -0.15) is 0 Å². The molecule has 0 aromatic heterocycles. The zero-order chi connectivity index (χ0) is 9.64. The van der Waals surface area contributed by atoms with E-state index in [0.29, 0.717) is 18.6 Å². The molecule has 4 heteroatoms. The number of urea groups is 1. The molecule has 1 heterocycles. The quantitative estimate of drug-likeness (QED) is 0.541. The van der Waals surface area contributed by atoms with Crippen molar-refractivity contribution in [3.05, 3.63) is 0 Å². The summed E-state index contributed by atoms with van der Waals surface area (Å²) in [5.74, 6) is 0.330. The van der Waals surface area contributed by atoms with Gasteiger partial charge in [-0.05, 0) is 0 Å². The Kier molecular flexibility index (Phi) is 1.62. The van der Waals surface area contributed by atoms with Crippen LogP contribution in [-0.2, 0) is 4.79 Å². The predicted molar refractivity (Wildman–Crippen MR) is 47.3 cm³/mol. The zero-order valence-corrected chi connectivity index (χ0v) is 8.04. The molecule has 0 bridgehead atoms. The Morgan fingerprint density at radius 3 is 1.92 bits per heavy atom. The molecule has 0 N–H and O–H groups in total. The summed E-state index contributed by atoms with van der Waals surface area (Å²) < 4.78 is 0. The first-order chi connectivity index (χ1) is 6.02. The number of carbonyl (C=O) groups is 2. The molecule has 0 unspecified atom stereocenters. The van der Waals surface area contributed by atoms with Crippen LogP contribution in [0.25, 0.3) is 0 Å². The van der Waals surface area contributed by atoms with Gasteiger partial charge >= 0.3 is 6.03 Å². The Balaban J connectivity index is 2.10. The fourth-order valence-electron chi connectivity index (χ4n) is 2.49. The van der Waals surface area contributed by atoms with Gasteiger partial charge in [0.2, 0.25) is 0 Å². The average molecular weight is 182 g/mol. The van der Waals surface area contributed by atoms with Crippen molar-refractivity contribution in [2.75, 3.05) is 27.2 Å². The number of Topliss-reactive ketones (excluding diaryl/α,β-unsaturated/α-hetero) is 1. The lowest BCUT2D eigenvalue weighted by Gasteiger charge is -2.49. The van der Waals surface area contributed by atoms with E-state index in [1.807, 2.05) is 0 Å². The van der Waals surface area contributed by atoms with Crippen molar-refractivity contribution < 1.29 is 9.59 Å². The number of rotatable bonds is 0. The van der Waals surface area contributed by atoms with Crippen molar-refractivity contribution in [2.24, 2.45) is 5.41 Å². The zero-order valence-electron chi connectivity index (χ0n) is 8.04. The Morgan fingerprint density at radius 1 is 1.08 bits per heavy atom. The van der Waals surface area contributed by atoms with Crippen LogP contribution in [-0.4, -0.2) is 48.8 Å². The first-order valence-electron chi connectivity index (χ1n) is 4.50. The topological polar surface area (TPSA) is 40.6 Å². The van der Waals surface area contributed by atoms with E-state index in [1.54, 1.807) is 23.9 Å². The molecule has 1 saturated carbocycles. The van der Waals surface area contributed by atoms with Crippen molar-refractivity contribution in [3.63, 3.8) is 0 Å². The molecule has 0 atom stereocenters. The molecule has 1 aliphatic heterocycles. The summed E-state index contributed by atoms with van der Waals surface area (Å²) in [6.45, 7) is 1.48. The van der Waals surface area contributed by atoms with Crippen molar-refractivity contribution in [1.82, 2.24) is 9.80 Å². The summed E-state index contributed by atoms with van der Waals surface area (Å²) in [5, 5.41) is 0. The highest BCUT2D eigenvalue weighted by Crippen LogP contribution is 2.41. The molecule has 2 fully saturated rings. The van der Waals surface area contributed by atoms with E-state index in [0.717, 1.165) is 13.1 Å². The molecule has 2 amide bonds. The highest BCUT2D eigenvalue weighted by molar-refractivity contribution is 5.87. The predicted octanol–water partition coefficient (Wildman–Crippen LogP) is 0.333. The van der Waals surface area contributed by atoms with Gasteiger partial charge in [-0.3, -0.25) is 4.79 Å². The lowest BCUT2D eigenvalue weighted by Crippen LogP contribution is -2.60. The highest BCUT2D eigenvalue weighted by Gasteiger charge is 2.48. The van der Waals surface area contributed by atoms with E-state index in [4.69, 9.17) is 0 Å². The molecule has 2 aliphatic rings. The van der Waals surface area contributed by atoms with Gasteiger partial charge in [0.1, 0.15) is 5.78 Å². The number of hydrogen-bond acceptors (Lipinski definition) is 2. The summed E-state index contributed by atoms with van der Waals surface area (Å²) >= 11 is 0. The van der Waals surface area contributed by atoms with E-state index in [2.05, 4.69) is 0 Å². The molecule has 0 aromatic carbocycles. The minimum Gasteiger partial charge on any atom is -0.327 e. The minimum absolute atomic E-state index is 0.0602. The number of ketones is 1. The second-order valence-electron chi connectivity index (χ2n) is 4.39. The fourth-order valence-corrected chi connectivity index (χ4v) is 2.49. The Labute approximate surface area is 77.5 Å². The van der Waals surface area contributed by atoms with Gasteiger partial charge < -0.3 is 9.80 Å². The first-order valence-corrected chi connectivity index (χ1v) is 4.50. The first kappa shape index (κ1) is 8.53. The summed E-state index contributed by atoms with van der Waals surface area (Å²) in [6.07, 6.45) is 1.30. The molecule has 72 valence electrons. The largest absolute Gasteiger partial charge is 0.327 e. The number of amides is 2. The molecule has 4 nitrogen and oxygen atoms in total. The molecule has 13 heavy (non-hydrogen) atoms. The van der Waals surface area contributed by atoms with E-state index < -0.39 is 0 Å². The van der Waals surface area contributed by atoms with Crippen LogP contribution in [0, 0.1) is 5.41 Å². The van der Waals surface area contributed by atoms with Crippen molar-refractivity contribution >= 4 is 11.8 Å². The van der Waals surface area contributed by atoms with Gasteiger partial charge in [0.15, 0.2) is 0 Å². The third-order valence-corrected chi connectivity index (χ3v) is 2.94. The second kappa shape index (κ2) is 2.47. The standard InChI is InChI=1S/C9H14N2O2/c1-10-5-9(3-7(12)4-9)6-11(2)8(10)13/h3-6H2,1-2H3. The molecule has 0 aromatic rings. The smallest absolute Gasteiger partial charge is 0.319 e. The van der Waals surface area contributed by atoms with Crippen LogP contribution in [0.2, 0.25) is 0 Å². The third kappa shape index (κ3) is 1.20. The molecular formula is C9H14N2O2. The van der Waals surface area contributed by atoms with Crippen molar-refractivity contribution in [1.29, 1.82) is 0 Å². The fraction of sp³-hybridized carbons (Fsp3) is 0.778. The lowest BCUT2D eigenvalue weighted by molar-refractivity contribution is -0.135. The molecular weight excluding hydrogens is 168 g/mol. The Hall–Kier alpha value is -1.06. The van der Waals surface area contributed by atoms with Crippen LogP contribution >= 0.6 is 0 Å². The van der Waals surface area contributed by atoms with Crippen LogP contribution in [0.1, 0.15) is 12.8 Å². The number of nitrogens with zero attached hydrogens (tertiary/aromatic N) is 2. The van der Waals surface area contributed by atoms with Crippen molar-refractivity contribution in [3.8, 4) is 0 Å². The van der Waals surface area contributed by atoms with E-state index in [1.165, 1.54) is 0 Å². The van der Waals surface area contributed by atoms with Crippen molar-refractivity contribution in [2.45, 2.75) is 12.8 Å². The normalized spacial score (nSPS) is 26.6. The van der Waals surface area contributed by atoms with E-state index in [-0.39, 0.29) is 11.4 Å². The molecule has 1 aliphatic carbocycles. The molecule has 1 saturated heterocycles. The van der Waals surface area contributed by atoms with Gasteiger partial charge in [-0.25, -0.2) is 4.79 Å². The van der Waals surface area contributed by atoms with Gasteiger partial charge in [0, 0.05) is 45.4 Å². The molecule has 2 rings (SSSR count). The maximum Gasteiger partial charge on any atom is 0.319 e. The Morgan fingerprint density at radius 2 is 1.54 bits per heavy atom. The summed E-state index contributed by atoms with van der Waals surface area (Å²) in [6, 6.07) is 0.0602. The SMILES string of the molecule is CN1CC2(CC(=O)C2)CN(C)C1=O. The van der Waals surface area contributed by atoms with Gasteiger partial charge in [0.05, 0.1) is 0 Å². The third-order valence-electron chi connectivity index (χ3n) is 2.94. The average Bonchev–Trinajstić information content (AvgIpc) is 1.97. The molecule has 1 spiro atoms. The maximum absolute atomic E-state index is 11.4. The van der Waals surface area contributed by atoms with E-state index >= 15 is 0 Å². The minimum atomic E-state index is 0.0602. The van der Waals surface area contributed by atoms with Crippen LogP contribution in [0.5, 0.6) is 0 Å².